The number of hydrogen-bond acceptors (Lipinski definition) is 4. The second-order valence-corrected chi connectivity index (χ2v) is 6.80. The van der Waals surface area contributed by atoms with E-state index in [1.165, 1.54) is 11.8 Å². The molecular weight excluding hydrogens is 394 g/mol. The van der Waals surface area contributed by atoms with Crippen molar-refractivity contribution in [3.63, 3.8) is 0 Å². The number of rotatable bonds is 8. The Bertz CT molecular complexity index is 843. The molecule has 0 aliphatic carbocycles. The molecule has 2 atom stereocenters. The summed E-state index contributed by atoms with van der Waals surface area (Å²) in [6, 6.07) is 14.3. The van der Waals surface area contributed by atoms with E-state index in [0.717, 1.165) is 5.69 Å². The van der Waals surface area contributed by atoms with E-state index in [1.807, 2.05) is 37.3 Å². The summed E-state index contributed by atoms with van der Waals surface area (Å²) in [5, 5.41) is 3.03. The Morgan fingerprint density at radius 3 is 2.28 bits per heavy atom. The number of halogens is 1. The van der Waals surface area contributed by atoms with Gasteiger partial charge in [-0.1, -0.05) is 41.9 Å². The molecule has 0 fully saturated rings. The molecule has 3 N–H and O–H groups in total. The van der Waals surface area contributed by atoms with Gasteiger partial charge in [-0.2, -0.15) is 0 Å². The molecule has 3 amide bonds. The summed E-state index contributed by atoms with van der Waals surface area (Å²) < 4.78 is 5.33. The van der Waals surface area contributed by atoms with Crippen LogP contribution in [0.25, 0.3) is 0 Å². The van der Waals surface area contributed by atoms with E-state index in [1.54, 1.807) is 24.3 Å². The Balaban J connectivity index is 2.05. The lowest BCUT2D eigenvalue weighted by Crippen LogP contribution is -2.41. The number of nitrogens with two attached hydrogens (primary N) is 1. The SMILES string of the molecule is CCN(C(=O)[C@H](C)OC(=O)C[C@@H](NC(N)=O)c1ccc(Cl)cc1)c1ccccc1. The minimum absolute atomic E-state index is 0.181. The maximum atomic E-state index is 12.7. The highest BCUT2D eigenvalue weighted by Gasteiger charge is 2.26. The predicted octanol–water partition coefficient (Wildman–Crippen LogP) is 3.42. The minimum Gasteiger partial charge on any atom is -0.452 e. The van der Waals surface area contributed by atoms with Crippen molar-refractivity contribution in [3.8, 4) is 0 Å². The summed E-state index contributed by atoms with van der Waals surface area (Å²) in [5.74, 6) is -0.971. The van der Waals surface area contributed by atoms with Crippen LogP contribution in [0, 0.1) is 0 Å². The van der Waals surface area contributed by atoms with E-state index in [9.17, 15) is 14.4 Å². The number of benzene rings is 2. The predicted molar refractivity (Wildman–Crippen MR) is 112 cm³/mol. The van der Waals surface area contributed by atoms with Gasteiger partial charge in [0.15, 0.2) is 6.10 Å². The Labute approximate surface area is 174 Å². The highest BCUT2D eigenvalue weighted by atomic mass is 35.5. The maximum absolute atomic E-state index is 12.7. The number of carbonyl (C=O) groups is 3. The molecule has 0 heterocycles. The Hall–Kier alpha value is -3.06. The maximum Gasteiger partial charge on any atom is 0.312 e. The molecule has 8 heteroatoms. The summed E-state index contributed by atoms with van der Waals surface area (Å²) >= 11 is 5.88. The summed E-state index contributed by atoms with van der Waals surface area (Å²) in [6.45, 7) is 3.79. The number of nitrogens with one attached hydrogen (secondary N) is 1. The third kappa shape index (κ3) is 6.50. The molecule has 0 aliphatic heterocycles. The molecule has 2 rings (SSSR count). The molecular formula is C21H24ClN3O4. The van der Waals surface area contributed by atoms with Crippen LogP contribution < -0.4 is 16.0 Å². The highest BCUT2D eigenvalue weighted by Crippen LogP contribution is 2.21. The second kappa shape index (κ2) is 10.5. The summed E-state index contributed by atoms with van der Waals surface area (Å²) in [6.07, 6.45) is -1.17. The molecule has 7 nitrogen and oxygen atoms in total. The van der Waals surface area contributed by atoms with Gasteiger partial charge in [0.2, 0.25) is 0 Å². The minimum atomic E-state index is -0.984. The molecule has 29 heavy (non-hydrogen) atoms. The van der Waals surface area contributed by atoms with Gasteiger partial charge < -0.3 is 20.7 Å². The molecule has 0 bridgehead atoms. The molecule has 2 aromatic rings. The van der Waals surface area contributed by atoms with Gasteiger partial charge in [0.1, 0.15) is 0 Å². The zero-order valence-electron chi connectivity index (χ0n) is 16.3. The van der Waals surface area contributed by atoms with Crippen molar-refractivity contribution >= 4 is 35.2 Å². The van der Waals surface area contributed by atoms with E-state index < -0.39 is 24.1 Å². The number of likely N-dealkylation sites (N-methyl/N-ethyl adjacent to an activating group) is 1. The first-order chi connectivity index (χ1) is 13.8. The number of amides is 3. The average molecular weight is 418 g/mol. The lowest BCUT2D eigenvalue weighted by molar-refractivity contribution is -0.154. The standard InChI is InChI=1S/C21H24ClN3O4/c1-3-25(17-7-5-4-6-8-17)20(27)14(2)29-19(26)13-18(24-21(23)28)15-9-11-16(22)12-10-15/h4-12,14,18H,3,13H2,1-2H3,(H3,23,24,28)/t14-,18+/m0/s1. The van der Waals surface area contributed by atoms with Gasteiger partial charge in [-0.3, -0.25) is 9.59 Å². The highest BCUT2D eigenvalue weighted by molar-refractivity contribution is 6.30. The van der Waals surface area contributed by atoms with Gasteiger partial charge in [0.25, 0.3) is 5.91 Å². The smallest absolute Gasteiger partial charge is 0.312 e. The zero-order valence-corrected chi connectivity index (χ0v) is 17.1. The molecule has 0 aromatic heterocycles. The van der Waals surface area contributed by atoms with E-state index in [-0.39, 0.29) is 12.3 Å². The molecule has 0 spiro atoms. The Kier molecular flexibility index (Phi) is 8.03. The van der Waals surface area contributed by atoms with Crippen molar-refractivity contribution in [2.45, 2.75) is 32.4 Å². The lowest BCUT2D eigenvalue weighted by atomic mass is 10.0. The van der Waals surface area contributed by atoms with Crippen molar-refractivity contribution in [1.82, 2.24) is 5.32 Å². The van der Waals surface area contributed by atoms with Gasteiger partial charge >= 0.3 is 12.0 Å². The number of esters is 1. The lowest BCUT2D eigenvalue weighted by Gasteiger charge is -2.25. The van der Waals surface area contributed by atoms with Crippen LogP contribution in [0.4, 0.5) is 10.5 Å². The first kappa shape index (κ1) is 22.2. The number of urea groups is 1. The van der Waals surface area contributed by atoms with Crippen LogP contribution in [0.1, 0.15) is 31.9 Å². The van der Waals surface area contributed by atoms with E-state index >= 15 is 0 Å². The van der Waals surface area contributed by atoms with Crippen molar-refractivity contribution in [3.05, 3.63) is 65.2 Å². The average Bonchev–Trinajstić information content (AvgIpc) is 2.69. The third-order valence-corrected chi connectivity index (χ3v) is 4.52. The molecule has 0 saturated heterocycles. The van der Waals surface area contributed by atoms with Gasteiger partial charge in [-0.05, 0) is 43.7 Å². The quantitative estimate of drug-likeness (QED) is 0.642. The number of nitrogens with zero attached hydrogens (tertiary/aromatic N) is 1. The molecule has 0 unspecified atom stereocenters. The van der Waals surface area contributed by atoms with Crippen molar-refractivity contribution in [2.75, 3.05) is 11.4 Å². The fraction of sp³-hybridized carbons (Fsp3) is 0.286. The number of primary amides is 1. The normalized spacial score (nSPS) is 12.5. The fourth-order valence-corrected chi connectivity index (χ4v) is 3.00. The number of hydrogen-bond donors (Lipinski definition) is 2. The van der Waals surface area contributed by atoms with E-state index in [0.29, 0.717) is 17.1 Å². The zero-order chi connectivity index (χ0) is 21.4. The first-order valence-corrected chi connectivity index (χ1v) is 9.57. The van der Waals surface area contributed by atoms with Gasteiger partial charge in [-0.25, -0.2) is 4.79 Å². The molecule has 0 saturated carbocycles. The topological polar surface area (TPSA) is 102 Å². The van der Waals surface area contributed by atoms with Crippen molar-refractivity contribution < 1.29 is 19.1 Å². The Morgan fingerprint density at radius 1 is 1.10 bits per heavy atom. The van der Waals surface area contributed by atoms with Crippen LogP contribution in [-0.2, 0) is 14.3 Å². The van der Waals surface area contributed by atoms with Crippen LogP contribution >= 0.6 is 11.6 Å². The van der Waals surface area contributed by atoms with E-state index in [4.69, 9.17) is 22.1 Å². The number of para-hydroxylation sites is 1. The van der Waals surface area contributed by atoms with Crippen LogP contribution in [0.15, 0.2) is 54.6 Å². The number of anilines is 1. The monoisotopic (exact) mass is 417 g/mol. The van der Waals surface area contributed by atoms with E-state index in [2.05, 4.69) is 5.32 Å². The van der Waals surface area contributed by atoms with Crippen molar-refractivity contribution in [2.24, 2.45) is 5.73 Å². The second-order valence-electron chi connectivity index (χ2n) is 6.37. The third-order valence-electron chi connectivity index (χ3n) is 4.27. The summed E-state index contributed by atoms with van der Waals surface area (Å²) in [5.41, 5.74) is 6.58. The molecule has 154 valence electrons. The van der Waals surface area contributed by atoms with Gasteiger partial charge in [0.05, 0.1) is 12.5 Å². The number of carbonyl (C=O) groups excluding carboxylic acids is 3. The van der Waals surface area contributed by atoms with Gasteiger partial charge in [-0.15, -0.1) is 0 Å². The van der Waals surface area contributed by atoms with Crippen LogP contribution in [0.3, 0.4) is 0 Å². The van der Waals surface area contributed by atoms with Crippen molar-refractivity contribution in [1.29, 1.82) is 0 Å². The largest absolute Gasteiger partial charge is 0.452 e. The first-order valence-electron chi connectivity index (χ1n) is 9.19. The summed E-state index contributed by atoms with van der Waals surface area (Å²) in [7, 11) is 0. The van der Waals surface area contributed by atoms with Crippen LogP contribution in [0.2, 0.25) is 5.02 Å². The fourth-order valence-electron chi connectivity index (χ4n) is 2.87. The molecule has 2 aromatic carbocycles. The van der Waals surface area contributed by atoms with Crippen LogP contribution in [0.5, 0.6) is 0 Å². The summed E-state index contributed by atoms with van der Waals surface area (Å²) in [4.78, 5) is 38.0. The van der Waals surface area contributed by atoms with Crippen LogP contribution in [-0.4, -0.2) is 30.6 Å². The molecule has 0 radical (unpaired) electrons. The molecule has 0 aliphatic rings. The van der Waals surface area contributed by atoms with Gasteiger partial charge in [0, 0.05) is 17.3 Å². The number of ether oxygens (including phenoxy) is 1. The Morgan fingerprint density at radius 2 is 1.72 bits per heavy atom.